The molecule has 0 fully saturated rings. The van der Waals surface area contributed by atoms with Crippen LogP contribution in [0.4, 0.5) is 8.78 Å². The molecule has 3 rings (SSSR count). The van der Waals surface area contributed by atoms with Crippen LogP contribution < -0.4 is 0 Å². The smallest absolute Gasteiger partial charge is 0.129 e. The lowest BCUT2D eigenvalue weighted by molar-refractivity contribution is 0.571. The van der Waals surface area contributed by atoms with Gasteiger partial charge < -0.3 is 0 Å². The van der Waals surface area contributed by atoms with Gasteiger partial charge in [0.1, 0.15) is 11.6 Å². The highest BCUT2D eigenvalue weighted by molar-refractivity contribution is 5.73. The first-order valence-electron chi connectivity index (χ1n) is 6.79. The Balaban J connectivity index is 2.14. The van der Waals surface area contributed by atoms with E-state index >= 15 is 0 Å². The second kappa shape index (κ2) is 4.76. The van der Waals surface area contributed by atoms with Gasteiger partial charge in [0.25, 0.3) is 0 Å². The molecule has 2 aromatic carbocycles. The average Bonchev–Trinajstić information content (AvgIpc) is 2.38. The molecule has 0 saturated heterocycles. The summed E-state index contributed by atoms with van der Waals surface area (Å²) in [6.45, 7) is 2.15. The van der Waals surface area contributed by atoms with Crippen molar-refractivity contribution in [1.29, 1.82) is 0 Å². The lowest BCUT2D eigenvalue weighted by Gasteiger charge is -2.21. The first kappa shape index (κ1) is 12.3. The van der Waals surface area contributed by atoms with Crippen LogP contribution in [-0.4, -0.2) is 0 Å². The zero-order chi connectivity index (χ0) is 13.4. The van der Waals surface area contributed by atoms with Crippen molar-refractivity contribution in [2.45, 2.75) is 32.6 Å². The summed E-state index contributed by atoms with van der Waals surface area (Å²) in [7, 11) is 0. The Morgan fingerprint density at radius 2 is 1.84 bits per heavy atom. The lowest BCUT2D eigenvalue weighted by Crippen LogP contribution is -2.07. The van der Waals surface area contributed by atoms with E-state index in [-0.39, 0.29) is 0 Å². The van der Waals surface area contributed by atoms with E-state index in [0.717, 1.165) is 36.5 Å². The molecule has 0 aromatic heterocycles. The number of rotatable bonds is 2. The summed E-state index contributed by atoms with van der Waals surface area (Å²) in [6.07, 6.45) is 3.66. The number of aryl methyl sites for hydroxylation is 2. The van der Waals surface area contributed by atoms with E-state index in [9.17, 15) is 8.78 Å². The molecule has 0 atom stereocenters. The minimum absolute atomic E-state index is 0.418. The van der Waals surface area contributed by atoms with Crippen molar-refractivity contribution in [3.8, 4) is 11.1 Å². The second-order valence-corrected chi connectivity index (χ2v) is 5.16. The van der Waals surface area contributed by atoms with E-state index < -0.39 is 11.6 Å². The molecule has 1 aliphatic rings. The van der Waals surface area contributed by atoms with Crippen LogP contribution in [0.2, 0.25) is 0 Å². The summed E-state index contributed by atoms with van der Waals surface area (Å²) >= 11 is 0. The van der Waals surface area contributed by atoms with Gasteiger partial charge in [-0.25, -0.2) is 8.78 Å². The van der Waals surface area contributed by atoms with Gasteiger partial charge in [-0.05, 0) is 53.1 Å². The Bertz CT molecular complexity index is 629. The lowest BCUT2D eigenvalue weighted by atomic mass is 9.84. The predicted octanol–water partition coefficient (Wildman–Crippen LogP) is 4.68. The molecule has 0 radical (unpaired) electrons. The maximum absolute atomic E-state index is 13.8. The summed E-state index contributed by atoms with van der Waals surface area (Å²) in [6, 6.07) is 8.70. The fourth-order valence-electron chi connectivity index (χ4n) is 2.92. The fourth-order valence-corrected chi connectivity index (χ4v) is 2.92. The van der Waals surface area contributed by atoms with Crippen LogP contribution >= 0.6 is 0 Å². The second-order valence-electron chi connectivity index (χ2n) is 5.16. The van der Waals surface area contributed by atoms with Gasteiger partial charge in [0, 0.05) is 6.07 Å². The number of fused-ring (bicyclic) bond motifs is 3. The first-order chi connectivity index (χ1) is 9.19. The highest BCUT2D eigenvalue weighted by Gasteiger charge is 2.20. The van der Waals surface area contributed by atoms with Crippen molar-refractivity contribution in [1.82, 2.24) is 0 Å². The van der Waals surface area contributed by atoms with Gasteiger partial charge in [-0.3, -0.25) is 0 Å². The summed E-state index contributed by atoms with van der Waals surface area (Å²) in [5.74, 6) is -0.917. The van der Waals surface area contributed by atoms with Gasteiger partial charge in [-0.1, -0.05) is 31.5 Å². The molecule has 0 amide bonds. The topological polar surface area (TPSA) is 0 Å². The molecule has 2 heteroatoms. The van der Waals surface area contributed by atoms with Gasteiger partial charge in [-0.2, -0.15) is 0 Å². The monoisotopic (exact) mass is 258 g/mol. The number of halogens is 2. The molecular formula is C17H16F2. The van der Waals surface area contributed by atoms with Crippen molar-refractivity contribution in [3.63, 3.8) is 0 Å². The van der Waals surface area contributed by atoms with E-state index in [2.05, 4.69) is 19.1 Å². The normalized spacial score (nSPS) is 13.0. The van der Waals surface area contributed by atoms with Crippen LogP contribution in [-0.2, 0) is 19.3 Å². The number of hydrogen-bond acceptors (Lipinski definition) is 0. The van der Waals surface area contributed by atoms with Crippen molar-refractivity contribution in [2.75, 3.05) is 0 Å². The number of benzene rings is 2. The van der Waals surface area contributed by atoms with E-state index in [0.29, 0.717) is 12.0 Å². The summed E-state index contributed by atoms with van der Waals surface area (Å²) in [5.41, 5.74) is 4.88. The largest absolute Gasteiger partial charge is 0.207 e. The Labute approximate surface area is 112 Å². The van der Waals surface area contributed by atoms with Gasteiger partial charge in [0.05, 0.1) is 0 Å². The van der Waals surface area contributed by atoms with Crippen LogP contribution in [0, 0.1) is 11.6 Å². The standard InChI is InChI=1S/C17H16F2/c1-2-3-11-4-6-14-12(8-11)5-7-15-16(14)9-13(18)10-17(15)19/h4,6,8-10H,2-3,5,7H2,1H3. The van der Waals surface area contributed by atoms with Crippen molar-refractivity contribution in [3.05, 3.63) is 58.7 Å². The van der Waals surface area contributed by atoms with Crippen LogP contribution in [0.1, 0.15) is 30.0 Å². The Hall–Kier alpha value is -1.70. The fraction of sp³-hybridized carbons (Fsp3) is 0.294. The summed E-state index contributed by atoms with van der Waals surface area (Å²) < 4.78 is 27.2. The van der Waals surface area contributed by atoms with Gasteiger partial charge in [0.2, 0.25) is 0 Å². The van der Waals surface area contributed by atoms with E-state index in [1.807, 2.05) is 6.07 Å². The van der Waals surface area contributed by atoms with Crippen molar-refractivity contribution < 1.29 is 8.78 Å². The molecule has 0 bridgehead atoms. The zero-order valence-corrected chi connectivity index (χ0v) is 11.0. The van der Waals surface area contributed by atoms with E-state index in [1.54, 1.807) is 0 Å². The number of hydrogen-bond donors (Lipinski definition) is 0. The van der Waals surface area contributed by atoms with Gasteiger partial charge in [0.15, 0.2) is 0 Å². The quantitative estimate of drug-likeness (QED) is 0.733. The van der Waals surface area contributed by atoms with E-state index in [1.165, 1.54) is 17.2 Å². The predicted molar refractivity (Wildman–Crippen MR) is 73.2 cm³/mol. The zero-order valence-electron chi connectivity index (χ0n) is 11.0. The molecule has 0 heterocycles. The first-order valence-corrected chi connectivity index (χ1v) is 6.79. The Morgan fingerprint density at radius 1 is 1.00 bits per heavy atom. The molecule has 1 aliphatic carbocycles. The van der Waals surface area contributed by atoms with E-state index in [4.69, 9.17) is 0 Å². The van der Waals surface area contributed by atoms with Crippen LogP contribution in [0.25, 0.3) is 11.1 Å². The van der Waals surface area contributed by atoms with Gasteiger partial charge in [-0.15, -0.1) is 0 Å². The Kier molecular flexibility index (Phi) is 3.09. The maximum Gasteiger partial charge on any atom is 0.129 e. The molecule has 0 unspecified atom stereocenters. The molecule has 98 valence electrons. The minimum atomic E-state index is -0.498. The maximum atomic E-state index is 13.8. The molecule has 2 aromatic rings. The third kappa shape index (κ3) is 2.16. The summed E-state index contributed by atoms with van der Waals surface area (Å²) in [4.78, 5) is 0. The SMILES string of the molecule is CCCc1ccc2c(c1)CCc1c(F)cc(F)cc1-2. The van der Waals surface area contributed by atoms with Crippen molar-refractivity contribution in [2.24, 2.45) is 0 Å². The van der Waals surface area contributed by atoms with Crippen LogP contribution in [0.3, 0.4) is 0 Å². The third-order valence-corrected chi connectivity index (χ3v) is 3.80. The average molecular weight is 258 g/mol. The Morgan fingerprint density at radius 3 is 2.63 bits per heavy atom. The molecule has 0 N–H and O–H groups in total. The van der Waals surface area contributed by atoms with Crippen LogP contribution in [0.5, 0.6) is 0 Å². The van der Waals surface area contributed by atoms with Crippen LogP contribution in [0.15, 0.2) is 30.3 Å². The molecule has 0 aliphatic heterocycles. The highest BCUT2D eigenvalue weighted by Crippen LogP contribution is 2.36. The van der Waals surface area contributed by atoms with Gasteiger partial charge >= 0.3 is 0 Å². The molecule has 0 saturated carbocycles. The third-order valence-electron chi connectivity index (χ3n) is 3.80. The highest BCUT2D eigenvalue weighted by atomic mass is 19.1. The minimum Gasteiger partial charge on any atom is -0.207 e. The molecule has 0 nitrogen and oxygen atoms in total. The molecule has 19 heavy (non-hydrogen) atoms. The molecule has 0 spiro atoms. The van der Waals surface area contributed by atoms with Crippen molar-refractivity contribution >= 4 is 0 Å². The molecular weight excluding hydrogens is 242 g/mol. The summed E-state index contributed by atoms with van der Waals surface area (Å²) in [5, 5.41) is 0.